The van der Waals surface area contributed by atoms with Gasteiger partial charge in [-0.15, -0.1) is 0 Å². The normalized spacial score (nSPS) is 22.1. The van der Waals surface area contributed by atoms with Gasteiger partial charge < -0.3 is 4.90 Å². The number of alkyl halides is 6. The van der Waals surface area contributed by atoms with Gasteiger partial charge in [-0.25, -0.2) is 0 Å². The molecule has 0 saturated heterocycles. The van der Waals surface area contributed by atoms with Crippen molar-refractivity contribution < 1.29 is 26.3 Å². The highest BCUT2D eigenvalue weighted by molar-refractivity contribution is 5.26. The van der Waals surface area contributed by atoms with E-state index in [2.05, 4.69) is 43.0 Å². The zero-order valence-corrected chi connectivity index (χ0v) is 21.1. The molecule has 2 aromatic rings. The molecule has 1 aliphatic carbocycles. The quantitative estimate of drug-likeness (QED) is 0.288. The molecule has 4 unspecified atom stereocenters. The Morgan fingerprint density at radius 1 is 0.778 bits per heavy atom. The van der Waals surface area contributed by atoms with Crippen LogP contribution in [0.1, 0.15) is 68.6 Å². The first-order valence-corrected chi connectivity index (χ1v) is 13.0. The van der Waals surface area contributed by atoms with Crippen molar-refractivity contribution in [1.82, 2.24) is 4.90 Å². The smallest absolute Gasteiger partial charge is 0.300 e. The van der Waals surface area contributed by atoms with Crippen LogP contribution in [-0.4, -0.2) is 36.4 Å². The van der Waals surface area contributed by atoms with Gasteiger partial charge in [-0.3, -0.25) is 0 Å². The Hall–Kier alpha value is -2.02. The molecule has 0 bridgehead atoms. The molecule has 2 aromatic carbocycles. The van der Waals surface area contributed by atoms with Crippen LogP contribution in [0.5, 0.6) is 0 Å². The summed E-state index contributed by atoms with van der Waals surface area (Å²) in [5, 5.41) is 0. The van der Waals surface area contributed by atoms with Crippen LogP contribution in [0.3, 0.4) is 0 Å². The van der Waals surface area contributed by atoms with E-state index in [4.69, 9.17) is 0 Å². The van der Waals surface area contributed by atoms with Gasteiger partial charge in [-0.05, 0) is 81.0 Å². The standard InChI is InChI=1S/C29H37F6N/c1-3-18-36(19-17-22-7-5-4-6-8-22)21(2)9-10-23-11-13-24(14-12-23)25-15-16-26(28(30,31)32)27(20-25)29(33,34)35/h4-8,11-14,21,25-27H,3,9-10,15-20H2,1-2H3. The molecule has 1 aliphatic rings. The number of hydrogen-bond acceptors (Lipinski definition) is 1. The molecule has 200 valence electrons. The van der Waals surface area contributed by atoms with Crippen molar-refractivity contribution >= 4 is 0 Å². The van der Waals surface area contributed by atoms with Crippen LogP contribution in [0.2, 0.25) is 0 Å². The third-order valence-electron chi connectivity index (χ3n) is 7.66. The van der Waals surface area contributed by atoms with E-state index in [1.807, 2.05) is 30.3 Å². The summed E-state index contributed by atoms with van der Waals surface area (Å²) in [7, 11) is 0. The first-order chi connectivity index (χ1) is 17.0. The average molecular weight is 514 g/mol. The number of rotatable bonds is 10. The van der Waals surface area contributed by atoms with Gasteiger partial charge in [0.05, 0.1) is 11.8 Å². The maximum absolute atomic E-state index is 13.4. The molecule has 0 heterocycles. The summed E-state index contributed by atoms with van der Waals surface area (Å²) in [6.07, 6.45) is -6.65. The summed E-state index contributed by atoms with van der Waals surface area (Å²) in [5.41, 5.74) is 3.12. The minimum atomic E-state index is -4.85. The lowest BCUT2D eigenvalue weighted by molar-refractivity contribution is -0.263. The van der Waals surface area contributed by atoms with Crippen molar-refractivity contribution in [2.75, 3.05) is 13.1 Å². The van der Waals surface area contributed by atoms with Gasteiger partial charge in [-0.1, -0.05) is 61.5 Å². The molecule has 4 atom stereocenters. The minimum Gasteiger partial charge on any atom is -0.300 e. The van der Waals surface area contributed by atoms with E-state index in [1.165, 1.54) is 5.56 Å². The molecule has 36 heavy (non-hydrogen) atoms. The average Bonchev–Trinajstić information content (AvgIpc) is 2.84. The van der Waals surface area contributed by atoms with Crippen molar-refractivity contribution in [3.05, 3.63) is 71.3 Å². The zero-order valence-electron chi connectivity index (χ0n) is 21.1. The number of benzene rings is 2. The monoisotopic (exact) mass is 513 g/mol. The van der Waals surface area contributed by atoms with E-state index >= 15 is 0 Å². The maximum atomic E-state index is 13.4. The SMILES string of the molecule is CCCN(CCc1ccccc1)C(C)CCc1ccc(C2CCC(C(F)(F)F)C(C(F)(F)F)C2)cc1. The summed E-state index contributed by atoms with van der Waals surface area (Å²) < 4.78 is 79.8. The highest BCUT2D eigenvalue weighted by Gasteiger charge is 2.56. The number of halogens is 6. The summed E-state index contributed by atoms with van der Waals surface area (Å²) in [5.74, 6) is -5.14. The largest absolute Gasteiger partial charge is 0.392 e. The predicted octanol–water partition coefficient (Wildman–Crippen LogP) is 8.59. The van der Waals surface area contributed by atoms with Crippen molar-refractivity contribution in [1.29, 1.82) is 0 Å². The lowest BCUT2D eigenvalue weighted by Crippen LogP contribution is -2.42. The molecule has 1 fully saturated rings. The Balaban J connectivity index is 1.56. The second-order valence-corrected chi connectivity index (χ2v) is 10.2. The molecule has 0 N–H and O–H groups in total. The van der Waals surface area contributed by atoms with Gasteiger partial charge in [0.15, 0.2) is 0 Å². The van der Waals surface area contributed by atoms with Crippen molar-refractivity contribution in [3.63, 3.8) is 0 Å². The molecule has 1 nitrogen and oxygen atoms in total. The van der Waals surface area contributed by atoms with Crippen LogP contribution in [-0.2, 0) is 12.8 Å². The first-order valence-electron chi connectivity index (χ1n) is 13.0. The van der Waals surface area contributed by atoms with Crippen LogP contribution < -0.4 is 0 Å². The number of nitrogens with zero attached hydrogens (tertiary/aromatic N) is 1. The fourth-order valence-corrected chi connectivity index (χ4v) is 5.50. The van der Waals surface area contributed by atoms with Gasteiger partial charge in [0, 0.05) is 12.6 Å². The van der Waals surface area contributed by atoms with Crippen LogP contribution in [0.4, 0.5) is 26.3 Å². The molecule has 0 aromatic heterocycles. The minimum absolute atomic E-state index is 0.126. The van der Waals surface area contributed by atoms with E-state index in [-0.39, 0.29) is 6.42 Å². The summed E-state index contributed by atoms with van der Waals surface area (Å²) in [6.45, 7) is 6.41. The molecular formula is C29H37F6N. The van der Waals surface area contributed by atoms with Crippen LogP contribution >= 0.6 is 0 Å². The van der Waals surface area contributed by atoms with E-state index < -0.39 is 42.9 Å². The van der Waals surface area contributed by atoms with Crippen molar-refractivity contribution in [2.45, 2.75) is 83.1 Å². The fourth-order valence-electron chi connectivity index (χ4n) is 5.50. The predicted molar refractivity (Wildman–Crippen MR) is 132 cm³/mol. The molecule has 3 rings (SSSR count). The van der Waals surface area contributed by atoms with E-state index in [0.717, 1.165) is 44.3 Å². The summed E-state index contributed by atoms with van der Waals surface area (Å²) in [4.78, 5) is 2.50. The van der Waals surface area contributed by atoms with E-state index in [0.29, 0.717) is 11.6 Å². The Labute approximate surface area is 210 Å². The molecular weight excluding hydrogens is 476 g/mol. The summed E-state index contributed by atoms with van der Waals surface area (Å²) >= 11 is 0. The lowest BCUT2D eigenvalue weighted by atomic mass is 9.71. The van der Waals surface area contributed by atoms with E-state index in [9.17, 15) is 26.3 Å². The van der Waals surface area contributed by atoms with Gasteiger partial charge in [0.2, 0.25) is 0 Å². The van der Waals surface area contributed by atoms with Gasteiger partial charge in [0.25, 0.3) is 0 Å². The Morgan fingerprint density at radius 3 is 1.97 bits per heavy atom. The lowest BCUT2D eigenvalue weighted by Gasteiger charge is -2.38. The second kappa shape index (κ2) is 12.5. The maximum Gasteiger partial charge on any atom is 0.392 e. The Bertz CT molecular complexity index is 906. The third-order valence-corrected chi connectivity index (χ3v) is 7.66. The molecule has 0 radical (unpaired) electrons. The second-order valence-electron chi connectivity index (χ2n) is 10.2. The van der Waals surface area contributed by atoms with Crippen molar-refractivity contribution in [2.24, 2.45) is 11.8 Å². The first kappa shape index (κ1) is 28.5. The highest BCUT2D eigenvalue weighted by Crippen LogP contribution is 2.52. The van der Waals surface area contributed by atoms with Crippen LogP contribution in [0.25, 0.3) is 0 Å². The fraction of sp³-hybridized carbons (Fsp3) is 0.586. The van der Waals surface area contributed by atoms with E-state index in [1.54, 1.807) is 0 Å². The van der Waals surface area contributed by atoms with Crippen LogP contribution in [0, 0.1) is 11.8 Å². The Kier molecular flexibility index (Phi) is 9.90. The van der Waals surface area contributed by atoms with Gasteiger partial charge in [0.1, 0.15) is 0 Å². The van der Waals surface area contributed by atoms with Crippen LogP contribution in [0.15, 0.2) is 54.6 Å². The number of hydrogen-bond donors (Lipinski definition) is 0. The summed E-state index contributed by atoms with van der Waals surface area (Å²) in [6, 6.07) is 18.3. The topological polar surface area (TPSA) is 3.24 Å². The molecule has 0 amide bonds. The zero-order chi connectivity index (χ0) is 26.3. The molecule has 7 heteroatoms. The van der Waals surface area contributed by atoms with Crippen molar-refractivity contribution in [3.8, 4) is 0 Å². The molecule has 0 spiro atoms. The third kappa shape index (κ3) is 7.99. The molecule has 1 saturated carbocycles. The number of aryl methyl sites for hydroxylation is 1. The van der Waals surface area contributed by atoms with Gasteiger partial charge in [-0.2, -0.15) is 26.3 Å². The highest BCUT2D eigenvalue weighted by atomic mass is 19.4. The Morgan fingerprint density at radius 2 is 1.39 bits per heavy atom. The molecule has 0 aliphatic heterocycles. The van der Waals surface area contributed by atoms with Gasteiger partial charge >= 0.3 is 12.4 Å².